The lowest BCUT2D eigenvalue weighted by Gasteiger charge is -2.30. The number of likely N-dealkylation sites (tertiary alicyclic amines) is 1. The Labute approximate surface area is 461 Å². The van der Waals surface area contributed by atoms with Crippen LogP contribution in [0.25, 0.3) is 0 Å². The van der Waals surface area contributed by atoms with Crippen molar-refractivity contribution in [2.45, 2.75) is 153 Å². The van der Waals surface area contributed by atoms with Crippen molar-refractivity contribution in [3.63, 3.8) is 0 Å². The van der Waals surface area contributed by atoms with Crippen molar-refractivity contribution in [2.75, 3.05) is 44.2 Å². The van der Waals surface area contributed by atoms with Crippen molar-refractivity contribution < 1.29 is 67.7 Å². The minimum Gasteiger partial charge on any atom is -0.481 e. The van der Waals surface area contributed by atoms with Crippen LogP contribution in [0, 0.1) is 11.8 Å². The molecule has 2 saturated heterocycles. The molecule has 2 aliphatic rings. The Hall–Kier alpha value is -7.51. The van der Waals surface area contributed by atoms with E-state index in [0.717, 1.165) is 11.8 Å². The second-order valence-corrected chi connectivity index (χ2v) is 20.7. The number of aliphatic imine (C=N–C) groups is 2. The molecule has 0 aliphatic carbocycles. The van der Waals surface area contributed by atoms with Crippen molar-refractivity contribution >= 4 is 94.7 Å². The number of carbonyl (C=O) groups excluding carboxylic acids is 10. The topological polar surface area (TPSA) is 512 Å². The molecule has 79 heavy (non-hydrogen) atoms. The first-order chi connectivity index (χ1) is 37.2. The van der Waals surface area contributed by atoms with Crippen LogP contribution in [0.3, 0.4) is 0 Å². The molecule has 10 atom stereocenters. The molecule has 0 spiro atoms. The van der Waals surface area contributed by atoms with Crippen molar-refractivity contribution in [3.05, 3.63) is 0 Å². The highest BCUT2D eigenvalue weighted by atomic mass is 32.2. The molecule has 21 N–H and O–H groups in total. The van der Waals surface area contributed by atoms with Crippen LogP contribution in [0.2, 0.25) is 0 Å². The van der Waals surface area contributed by atoms with Crippen molar-refractivity contribution in [2.24, 2.45) is 50.5 Å². The van der Waals surface area contributed by atoms with Gasteiger partial charge >= 0.3 is 11.9 Å². The standard InChI is InChI=1S/C47H81N17O14S/c1-6-24(4)36-45(78)61-29(18-23(2)3)42(75)56-25(5)37(70)57-26(10-7-14-53-46(49)50)39(72)60-30(19-34(66)67)43(76)58-27(11-8-15-54-47(51)52)40(73)62-31(38(71)55-21-35(68)69)22-79-17-13-28(41(74)63-36)59-44(77)32-12-9-16-64(32)33(65)20-48/h23-32,36H,6-22,48H2,1-5H3,(H,55,71)(H,56,75)(H,57,70)(H,58,76)(H,59,77)(H,60,72)(H,61,78)(H,62,73)(H,63,74)(H,66,67)(H,68,69)(H4,49,50,53)(H4,51,52,54)/t24-,25-,26?,27-,28-,29?,30-,31?,32-,36-/m0/s1. The highest BCUT2D eigenvalue weighted by Gasteiger charge is 2.39. The Morgan fingerprint density at radius 3 is 1.78 bits per heavy atom. The zero-order valence-electron chi connectivity index (χ0n) is 45.3. The lowest BCUT2D eigenvalue weighted by Crippen LogP contribution is -2.61. The van der Waals surface area contributed by atoms with Crippen molar-refractivity contribution in [3.8, 4) is 0 Å². The van der Waals surface area contributed by atoms with Gasteiger partial charge in [-0.05, 0) is 75.9 Å². The van der Waals surface area contributed by atoms with Gasteiger partial charge in [0.2, 0.25) is 59.1 Å². The second-order valence-electron chi connectivity index (χ2n) is 19.5. The molecule has 0 saturated carbocycles. The van der Waals surface area contributed by atoms with Gasteiger partial charge in [-0.15, -0.1) is 0 Å². The summed E-state index contributed by atoms with van der Waals surface area (Å²) in [5.41, 5.74) is 27.5. The molecule has 2 heterocycles. The Balaban J connectivity index is 2.83. The number of nitrogens with zero attached hydrogens (tertiary/aromatic N) is 3. The van der Waals surface area contributed by atoms with Gasteiger partial charge in [0.05, 0.1) is 13.0 Å². The van der Waals surface area contributed by atoms with E-state index in [1.54, 1.807) is 27.7 Å². The average Bonchev–Trinajstić information content (AvgIpc) is 3.88. The molecule has 2 rings (SSSR count). The molecular formula is C47H81N17O14S. The van der Waals surface area contributed by atoms with E-state index in [4.69, 9.17) is 28.7 Å². The zero-order valence-corrected chi connectivity index (χ0v) is 46.1. The number of amides is 10. The van der Waals surface area contributed by atoms with Crippen LogP contribution in [-0.4, -0.2) is 197 Å². The van der Waals surface area contributed by atoms with E-state index in [2.05, 4.69) is 57.8 Å². The smallest absolute Gasteiger partial charge is 0.322 e. The number of hydrogen-bond acceptors (Lipinski definition) is 16. The van der Waals surface area contributed by atoms with Crippen LogP contribution in [0.4, 0.5) is 0 Å². The van der Waals surface area contributed by atoms with E-state index in [0.29, 0.717) is 12.8 Å². The SMILES string of the molecule is CC[C@H](C)[C@@H]1NC(=O)[C@@H](NC(=O)[C@@H]2CCCN2C(=O)CN)CCSCC(C(=O)NCC(=O)O)NC(=O)[C@H](CCCN=C(N)N)NC(=O)[C@H](CC(=O)O)NC(=O)C(CCCN=C(N)N)NC(=O)[C@H](C)NC(=O)C(CC(C)C)NC1=O. The molecule has 3 unspecified atom stereocenters. The predicted molar refractivity (Wildman–Crippen MR) is 288 cm³/mol. The van der Waals surface area contributed by atoms with E-state index < -0.39 is 144 Å². The molecule has 0 aromatic rings. The lowest BCUT2D eigenvalue weighted by molar-refractivity contribution is -0.141. The lowest BCUT2D eigenvalue weighted by atomic mass is 9.96. The van der Waals surface area contributed by atoms with Gasteiger partial charge in [-0.3, -0.25) is 67.5 Å². The van der Waals surface area contributed by atoms with Gasteiger partial charge in [-0.1, -0.05) is 34.1 Å². The highest BCUT2D eigenvalue weighted by Crippen LogP contribution is 2.19. The predicted octanol–water partition coefficient (Wildman–Crippen LogP) is -6.15. The maximum atomic E-state index is 14.4. The first-order valence-corrected chi connectivity index (χ1v) is 27.2. The Bertz CT molecular complexity index is 2230. The van der Waals surface area contributed by atoms with Gasteiger partial charge < -0.3 is 91.6 Å². The Morgan fingerprint density at radius 1 is 0.696 bits per heavy atom. The molecule has 0 aromatic carbocycles. The first kappa shape index (κ1) is 67.6. The third-order valence-corrected chi connectivity index (χ3v) is 13.7. The van der Waals surface area contributed by atoms with Gasteiger partial charge in [-0.25, -0.2) is 0 Å². The number of hydrogen-bond donors (Lipinski definition) is 16. The summed E-state index contributed by atoms with van der Waals surface area (Å²) in [5, 5.41) is 41.8. The number of nitrogens with two attached hydrogens (primary N) is 5. The van der Waals surface area contributed by atoms with Crippen LogP contribution in [0.1, 0.15) is 98.8 Å². The van der Waals surface area contributed by atoms with Gasteiger partial charge in [0.25, 0.3) is 0 Å². The summed E-state index contributed by atoms with van der Waals surface area (Å²) in [4.78, 5) is 172. The molecule has 31 nitrogen and oxygen atoms in total. The van der Waals surface area contributed by atoms with E-state index in [-0.39, 0.29) is 100 Å². The molecule has 444 valence electrons. The van der Waals surface area contributed by atoms with Crippen LogP contribution in [0.15, 0.2) is 9.98 Å². The third-order valence-electron chi connectivity index (χ3n) is 12.6. The molecule has 32 heteroatoms. The highest BCUT2D eigenvalue weighted by molar-refractivity contribution is 7.99. The summed E-state index contributed by atoms with van der Waals surface area (Å²) in [6.45, 7) is 7.10. The number of rotatable bonds is 20. The van der Waals surface area contributed by atoms with E-state index in [1.165, 1.54) is 11.8 Å². The van der Waals surface area contributed by atoms with Crippen LogP contribution < -0.4 is 76.5 Å². The number of nitrogens with one attached hydrogen (secondary N) is 9. The Kier molecular flexibility index (Phi) is 29.4. The second kappa shape index (κ2) is 34.4. The van der Waals surface area contributed by atoms with Gasteiger partial charge in [-0.2, -0.15) is 11.8 Å². The number of carboxylic acid groups (broad SMARTS) is 2. The zero-order chi connectivity index (χ0) is 59.5. The number of carbonyl (C=O) groups is 12. The number of thioether (sulfide) groups is 1. The summed E-state index contributed by atoms with van der Waals surface area (Å²) < 4.78 is 0. The van der Waals surface area contributed by atoms with Gasteiger partial charge in [0.1, 0.15) is 60.9 Å². The van der Waals surface area contributed by atoms with Crippen LogP contribution in [0.5, 0.6) is 0 Å². The molecule has 0 bridgehead atoms. The Morgan fingerprint density at radius 2 is 1.24 bits per heavy atom. The minimum atomic E-state index is -1.92. The largest absolute Gasteiger partial charge is 0.481 e. The monoisotopic (exact) mass is 1140 g/mol. The number of carboxylic acids is 2. The molecule has 0 radical (unpaired) electrons. The quantitative estimate of drug-likeness (QED) is 0.0306. The summed E-state index contributed by atoms with van der Waals surface area (Å²) >= 11 is 0.969. The normalized spacial score (nSPS) is 24.9. The molecule has 10 amide bonds. The maximum Gasteiger partial charge on any atom is 0.322 e. The first-order valence-electron chi connectivity index (χ1n) is 26.0. The maximum absolute atomic E-state index is 14.4. The summed E-state index contributed by atoms with van der Waals surface area (Å²) in [6.07, 6.45) is -0.588. The molecule has 0 aromatic heterocycles. The molecule has 2 fully saturated rings. The third kappa shape index (κ3) is 24.4. The number of aliphatic carboxylic acids is 2. The molecular weight excluding hydrogens is 1060 g/mol. The van der Waals surface area contributed by atoms with Crippen molar-refractivity contribution in [1.29, 1.82) is 0 Å². The van der Waals surface area contributed by atoms with Crippen LogP contribution >= 0.6 is 11.8 Å². The van der Waals surface area contributed by atoms with Gasteiger partial charge in [0.15, 0.2) is 11.9 Å². The van der Waals surface area contributed by atoms with E-state index >= 15 is 0 Å². The summed E-state index contributed by atoms with van der Waals surface area (Å²) in [5.74, 6) is -13.7. The fourth-order valence-corrected chi connectivity index (χ4v) is 9.24. The summed E-state index contributed by atoms with van der Waals surface area (Å²) in [7, 11) is 0. The minimum absolute atomic E-state index is 0.00140. The molecule has 2 aliphatic heterocycles. The van der Waals surface area contributed by atoms with E-state index in [1.807, 2.05) is 0 Å². The fraction of sp³-hybridized carbons (Fsp3) is 0.702. The number of guanidine groups is 2. The van der Waals surface area contributed by atoms with Crippen LogP contribution in [-0.2, 0) is 57.5 Å². The fourth-order valence-electron chi connectivity index (χ4n) is 8.21. The van der Waals surface area contributed by atoms with Gasteiger partial charge in [0, 0.05) is 25.4 Å². The van der Waals surface area contributed by atoms with Crippen molar-refractivity contribution in [1.82, 2.24) is 52.8 Å². The summed E-state index contributed by atoms with van der Waals surface area (Å²) in [6, 6.07) is -13.0. The van der Waals surface area contributed by atoms with E-state index in [9.17, 15) is 67.7 Å². The average molecular weight is 1140 g/mol.